The first kappa shape index (κ1) is 16.0. The molecule has 1 aliphatic rings. The average Bonchev–Trinajstić information content (AvgIpc) is 2.35. The summed E-state index contributed by atoms with van der Waals surface area (Å²) in [4.78, 5) is 25.0. The molecular formula is C15H27NO3. The van der Waals surface area contributed by atoms with Crippen molar-refractivity contribution in [3.05, 3.63) is 0 Å². The van der Waals surface area contributed by atoms with E-state index in [4.69, 9.17) is 5.11 Å². The Labute approximate surface area is 116 Å². The lowest BCUT2D eigenvalue weighted by atomic mass is 9.94. The topological polar surface area (TPSA) is 57.6 Å². The van der Waals surface area contributed by atoms with E-state index in [1.165, 1.54) is 19.3 Å². The van der Waals surface area contributed by atoms with Gasteiger partial charge in [-0.2, -0.15) is 0 Å². The molecule has 0 aromatic heterocycles. The van der Waals surface area contributed by atoms with Gasteiger partial charge in [0.1, 0.15) is 0 Å². The smallest absolute Gasteiger partial charge is 0.308 e. The Kier molecular flexibility index (Phi) is 6.89. The highest BCUT2D eigenvalue weighted by molar-refractivity contribution is 5.77. The summed E-state index contributed by atoms with van der Waals surface area (Å²) in [5, 5.41) is 9.05. The molecule has 4 heteroatoms. The molecule has 0 saturated heterocycles. The summed E-state index contributed by atoms with van der Waals surface area (Å²) in [7, 11) is 0. The van der Waals surface area contributed by atoms with Crippen LogP contribution < -0.4 is 0 Å². The molecule has 1 unspecified atom stereocenters. The van der Waals surface area contributed by atoms with Crippen LogP contribution in [0.5, 0.6) is 0 Å². The average molecular weight is 269 g/mol. The molecule has 0 bridgehead atoms. The summed E-state index contributed by atoms with van der Waals surface area (Å²) >= 11 is 0. The Hall–Kier alpha value is -1.06. The first-order valence-electron chi connectivity index (χ1n) is 7.58. The normalized spacial score (nSPS) is 19.3. The predicted octanol–water partition coefficient (Wildman–Crippen LogP) is 3.06. The van der Waals surface area contributed by atoms with E-state index < -0.39 is 11.9 Å². The largest absolute Gasteiger partial charge is 0.481 e. The van der Waals surface area contributed by atoms with E-state index in [1.54, 1.807) is 6.92 Å². The third-order valence-corrected chi connectivity index (χ3v) is 4.03. The number of nitrogens with zero attached hydrogens (tertiary/aromatic N) is 1. The molecular weight excluding hydrogens is 242 g/mol. The van der Waals surface area contributed by atoms with Gasteiger partial charge in [-0.1, -0.05) is 46.0 Å². The maximum atomic E-state index is 12.1. The third-order valence-electron chi connectivity index (χ3n) is 4.03. The van der Waals surface area contributed by atoms with Gasteiger partial charge in [0.15, 0.2) is 0 Å². The fourth-order valence-electron chi connectivity index (χ4n) is 2.78. The second-order valence-corrected chi connectivity index (χ2v) is 5.64. The Morgan fingerprint density at radius 2 is 1.68 bits per heavy atom. The van der Waals surface area contributed by atoms with Crippen molar-refractivity contribution in [2.75, 3.05) is 6.54 Å². The summed E-state index contributed by atoms with van der Waals surface area (Å²) in [5.74, 6) is -1.21. The van der Waals surface area contributed by atoms with Crippen molar-refractivity contribution in [3.8, 4) is 0 Å². The quantitative estimate of drug-likeness (QED) is 0.834. The molecule has 0 aliphatic heterocycles. The first-order chi connectivity index (χ1) is 9.06. The summed E-state index contributed by atoms with van der Waals surface area (Å²) in [5.41, 5.74) is 0. The third kappa shape index (κ3) is 5.21. The van der Waals surface area contributed by atoms with Crippen LogP contribution in [0.1, 0.15) is 65.2 Å². The van der Waals surface area contributed by atoms with Gasteiger partial charge in [-0.15, -0.1) is 0 Å². The fraction of sp³-hybridized carbons (Fsp3) is 0.867. The SMILES string of the molecule is CCC(=O)N(CC(C)C(=O)O)C1CCCCCCC1. The number of amides is 1. The van der Waals surface area contributed by atoms with Gasteiger partial charge in [-0.3, -0.25) is 9.59 Å². The van der Waals surface area contributed by atoms with Crippen LogP contribution in [0.3, 0.4) is 0 Å². The molecule has 19 heavy (non-hydrogen) atoms. The molecule has 1 N–H and O–H groups in total. The number of hydrogen-bond donors (Lipinski definition) is 1. The van der Waals surface area contributed by atoms with Crippen LogP contribution in [0.4, 0.5) is 0 Å². The van der Waals surface area contributed by atoms with Crippen LogP contribution in [0.2, 0.25) is 0 Å². The molecule has 1 atom stereocenters. The van der Waals surface area contributed by atoms with Crippen molar-refractivity contribution >= 4 is 11.9 Å². The zero-order valence-electron chi connectivity index (χ0n) is 12.2. The molecule has 0 aromatic rings. The van der Waals surface area contributed by atoms with E-state index in [0.29, 0.717) is 13.0 Å². The minimum atomic E-state index is -0.820. The maximum Gasteiger partial charge on any atom is 0.308 e. The molecule has 0 radical (unpaired) electrons. The number of carbonyl (C=O) groups excluding carboxylic acids is 1. The molecule has 0 aromatic carbocycles. The van der Waals surface area contributed by atoms with E-state index in [-0.39, 0.29) is 11.9 Å². The highest BCUT2D eigenvalue weighted by atomic mass is 16.4. The van der Waals surface area contributed by atoms with E-state index in [2.05, 4.69) is 0 Å². The zero-order valence-corrected chi connectivity index (χ0v) is 12.2. The van der Waals surface area contributed by atoms with Gasteiger partial charge in [0.25, 0.3) is 0 Å². The fourth-order valence-corrected chi connectivity index (χ4v) is 2.78. The van der Waals surface area contributed by atoms with E-state index in [0.717, 1.165) is 25.7 Å². The Morgan fingerprint density at radius 3 is 2.16 bits per heavy atom. The number of carbonyl (C=O) groups is 2. The van der Waals surface area contributed by atoms with Crippen molar-refractivity contribution in [1.29, 1.82) is 0 Å². The number of hydrogen-bond acceptors (Lipinski definition) is 2. The zero-order chi connectivity index (χ0) is 14.3. The van der Waals surface area contributed by atoms with Crippen molar-refractivity contribution in [2.24, 2.45) is 5.92 Å². The minimum absolute atomic E-state index is 0.0960. The van der Waals surface area contributed by atoms with Gasteiger partial charge in [0, 0.05) is 19.0 Å². The van der Waals surface area contributed by atoms with Crippen LogP contribution in [-0.4, -0.2) is 34.5 Å². The number of carboxylic acid groups (broad SMARTS) is 1. The number of aliphatic carboxylic acids is 1. The molecule has 1 rings (SSSR count). The highest BCUT2D eigenvalue weighted by Gasteiger charge is 2.26. The molecule has 1 fully saturated rings. The van der Waals surface area contributed by atoms with Gasteiger partial charge >= 0.3 is 5.97 Å². The van der Waals surface area contributed by atoms with Crippen molar-refractivity contribution < 1.29 is 14.7 Å². The number of rotatable bonds is 5. The van der Waals surface area contributed by atoms with Gasteiger partial charge in [0.2, 0.25) is 5.91 Å². The standard InChI is InChI=1S/C15H27NO3/c1-3-14(17)16(11-12(2)15(18)19)13-9-7-5-4-6-8-10-13/h12-13H,3-11H2,1-2H3,(H,18,19). The van der Waals surface area contributed by atoms with Crippen molar-refractivity contribution in [2.45, 2.75) is 71.3 Å². The lowest BCUT2D eigenvalue weighted by Gasteiger charge is -2.34. The summed E-state index contributed by atoms with van der Waals surface area (Å²) in [6.45, 7) is 3.89. The van der Waals surface area contributed by atoms with Crippen molar-refractivity contribution in [3.63, 3.8) is 0 Å². The van der Waals surface area contributed by atoms with Gasteiger partial charge in [0.05, 0.1) is 5.92 Å². The molecule has 1 amide bonds. The lowest BCUT2D eigenvalue weighted by molar-refractivity contribution is -0.144. The van der Waals surface area contributed by atoms with Gasteiger partial charge < -0.3 is 10.0 Å². The highest BCUT2D eigenvalue weighted by Crippen LogP contribution is 2.23. The maximum absolute atomic E-state index is 12.1. The molecule has 0 spiro atoms. The molecule has 4 nitrogen and oxygen atoms in total. The van der Waals surface area contributed by atoms with E-state index in [9.17, 15) is 9.59 Å². The monoisotopic (exact) mass is 269 g/mol. The van der Waals surface area contributed by atoms with E-state index >= 15 is 0 Å². The van der Waals surface area contributed by atoms with Crippen LogP contribution in [0.15, 0.2) is 0 Å². The summed E-state index contributed by atoms with van der Waals surface area (Å²) in [6, 6.07) is 0.245. The Balaban J connectivity index is 2.70. The molecule has 1 saturated carbocycles. The number of carboxylic acids is 1. The minimum Gasteiger partial charge on any atom is -0.481 e. The van der Waals surface area contributed by atoms with E-state index in [1.807, 2.05) is 11.8 Å². The molecule has 0 heterocycles. The lowest BCUT2D eigenvalue weighted by Crippen LogP contribution is -2.44. The predicted molar refractivity (Wildman–Crippen MR) is 74.9 cm³/mol. The van der Waals surface area contributed by atoms with Crippen LogP contribution in [-0.2, 0) is 9.59 Å². The van der Waals surface area contributed by atoms with Gasteiger partial charge in [-0.05, 0) is 12.8 Å². The molecule has 1 aliphatic carbocycles. The van der Waals surface area contributed by atoms with Gasteiger partial charge in [-0.25, -0.2) is 0 Å². The second kappa shape index (κ2) is 8.18. The summed E-state index contributed by atoms with van der Waals surface area (Å²) < 4.78 is 0. The summed E-state index contributed by atoms with van der Waals surface area (Å²) in [6.07, 6.45) is 8.58. The molecule has 110 valence electrons. The van der Waals surface area contributed by atoms with Crippen LogP contribution in [0.25, 0.3) is 0 Å². The van der Waals surface area contributed by atoms with Crippen molar-refractivity contribution in [1.82, 2.24) is 4.90 Å². The van der Waals surface area contributed by atoms with Crippen LogP contribution in [0, 0.1) is 5.92 Å². The van der Waals surface area contributed by atoms with Crippen LogP contribution >= 0.6 is 0 Å². The Bertz CT molecular complexity index is 296. The first-order valence-corrected chi connectivity index (χ1v) is 7.58. The Morgan fingerprint density at radius 1 is 1.16 bits per heavy atom. The second-order valence-electron chi connectivity index (χ2n) is 5.64.